The average Bonchev–Trinajstić information content (AvgIpc) is 2.53. The highest BCUT2D eigenvalue weighted by molar-refractivity contribution is 7.89. The number of benzene rings is 2. The second kappa shape index (κ2) is 6.81. The Labute approximate surface area is 130 Å². The van der Waals surface area contributed by atoms with Crippen LogP contribution in [0.3, 0.4) is 0 Å². The first-order valence-electron chi connectivity index (χ1n) is 6.73. The van der Waals surface area contributed by atoms with E-state index in [4.69, 9.17) is 9.47 Å². The van der Waals surface area contributed by atoms with Crippen LogP contribution >= 0.6 is 0 Å². The van der Waals surface area contributed by atoms with Crippen molar-refractivity contribution < 1.29 is 17.9 Å². The van der Waals surface area contributed by atoms with Gasteiger partial charge < -0.3 is 9.47 Å². The van der Waals surface area contributed by atoms with E-state index in [0.29, 0.717) is 5.75 Å². The molecule has 0 unspecified atom stereocenters. The summed E-state index contributed by atoms with van der Waals surface area (Å²) >= 11 is 0. The normalized spacial score (nSPS) is 11.2. The molecule has 22 heavy (non-hydrogen) atoms. The monoisotopic (exact) mass is 321 g/mol. The van der Waals surface area contributed by atoms with Crippen molar-refractivity contribution in [3.05, 3.63) is 53.6 Å². The first kappa shape index (κ1) is 16.3. The van der Waals surface area contributed by atoms with Crippen molar-refractivity contribution in [3.63, 3.8) is 0 Å². The van der Waals surface area contributed by atoms with Crippen LogP contribution < -0.4 is 14.2 Å². The molecule has 0 aliphatic carbocycles. The molecule has 2 rings (SSSR count). The maximum absolute atomic E-state index is 12.2. The van der Waals surface area contributed by atoms with Crippen molar-refractivity contribution >= 4 is 10.0 Å². The molecule has 0 bridgehead atoms. The third-order valence-corrected chi connectivity index (χ3v) is 4.71. The summed E-state index contributed by atoms with van der Waals surface area (Å²) in [6.45, 7) is 2.14. The van der Waals surface area contributed by atoms with Crippen molar-refractivity contribution in [2.24, 2.45) is 0 Å². The lowest BCUT2D eigenvalue weighted by Crippen LogP contribution is -2.23. The summed E-state index contributed by atoms with van der Waals surface area (Å²) in [5.41, 5.74) is 1.83. The highest BCUT2D eigenvalue weighted by Crippen LogP contribution is 2.19. The summed E-state index contributed by atoms with van der Waals surface area (Å²) in [7, 11) is -0.408. The van der Waals surface area contributed by atoms with Gasteiger partial charge in [0.05, 0.1) is 19.1 Å². The molecule has 0 atom stereocenters. The van der Waals surface area contributed by atoms with Crippen LogP contribution in [0.1, 0.15) is 11.1 Å². The Hall–Kier alpha value is -2.05. The molecular formula is C16H19NO4S. The third-order valence-electron chi connectivity index (χ3n) is 3.30. The molecule has 0 radical (unpaired) electrons. The molecule has 0 saturated carbocycles. The Bertz CT molecular complexity index is 739. The Kier molecular flexibility index (Phi) is 5.05. The van der Waals surface area contributed by atoms with E-state index in [-0.39, 0.29) is 11.4 Å². The number of hydrogen-bond donors (Lipinski definition) is 1. The van der Waals surface area contributed by atoms with Crippen LogP contribution in [-0.4, -0.2) is 22.6 Å². The van der Waals surface area contributed by atoms with Gasteiger partial charge in [0.2, 0.25) is 10.0 Å². The van der Waals surface area contributed by atoms with Crippen LogP contribution in [0.15, 0.2) is 47.4 Å². The van der Waals surface area contributed by atoms with Gasteiger partial charge >= 0.3 is 0 Å². The molecule has 1 N–H and O–H groups in total. The number of hydrogen-bond acceptors (Lipinski definition) is 4. The molecule has 5 nitrogen and oxygen atoms in total. The van der Waals surface area contributed by atoms with Crippen LogP contribution in [0.4, 0.5) is 0 Å². The van der Waals surface area contributed by atoms with E-state index >= 15 is 0 Å². The average molecular weight is 321 g/mol. The Morgan fingerprint density at radius 3 is 2.23 bits per heavy atom. The summed E-state index contributed by atoms with van der Waals surface area (Å²) in [5, 5.41) is 0. The van der Waals surface area contributed by atoms with Crippen molar-refractivity contribution in [1.82, 2.24) is 4.72 Å². The number of rotatable bonds is 6. The Balaban J connectivity index is 2.10. The second-order valence-electron chi connectivity index (χ2n) is 4.80. The summed E-state index contributed by atoms with van der Waals surface area (Å²) < 4.78 is 37.3. The Morgan fingerprint density at radius 1 is 1.00 bits per heavy atom. The van der Waals surface area contributed by atoms with Crippen LogP contribution in [0.25, 0.3) is 0 Å². The topological polar surface area (TPSA) is 64.6 Å². The minimum absolute atomic E-state index is 0.207. The standard InChI is InChI=1S/C16H19NO4S/c1-12-10-13(4-9-16(12)21-3)11-17-22(18,19)15-7-5-14(20-2)6-8-15/h4-10,17H,11H2,1-3H3. The minimum Gasteiger partial charge on any atom is -0.497 e. The summed E-state index contributed by atoms with van der Waals surface area (Å²) in [4.78, 5) is 0.207. The molecule has 118 valence electrons. The van der Waals surface area contributed by atoms with E-state index in [1.165, 1.54) is 19.2 Å². The zero-order chi connectivity index (χ0) is 16.2. The summed E-state index contributed by atoms with van der Waals surface area (Å²) in [6, 6.07) is 11.8. The van der Waals surface area contributed by atoms with E-state index in [1.807, 2.05) is 25.1 Å². The van der Waals surface area contributed by atoms with Gasteiger partial charge in [0, 0.05) is 6.54 Å². The fourth-order valence-corrected chi connectivity index (χ4v) is 3.08. The fraction of sp³-hybridized carbons (Fsp3) is 0.250. The maximum atomic E-state index is 12.2. The fourth-order valence-electron chi connectivity index (χ4n) is 2.07. The van der Waals surface area contributed by atoms with E-state index in [1.54, 1.807) is 19.2 Å². The predicted octanol–water partition coefficient (Wildman–Crippen LogP) is 2.49. The van der Waals surface area contributed by atoms with Gasteiger partial charge in [-0.2, -0.15) is 0 Å². The quantitative estimate of drug-likeness (QED) is 0.888. The third kappa shape index (κ3) is 3.78. The van der Waals surface area contributed by atoms with Gasteiger partial charge in [-0.05, 0) is 48.4 Å². The van der Waals surface area contributed by atoms with E-state index < -0.39 is 10.0 Å². The van der Waals surface area contributed by atoms with Crippen LogP contribution in [-0.2, 0) is 16.6 Å². The van der Waals surface area contributed by atoms with Gasteiger partial charge in [0.25, 0.3) is 0 Å². The van der Waals surface area contributed by atoms with Gasteiger partial charge in [-0.25, -0.2) is 13.1 Å². The lowest BCUT2D eigenvalue weighted by molar-refractivity contribution is 0.411. The number of methoxy groups -OCH3 is 2. The van der Waals surface area contributed by atoms with E-state index in [0.717, 1.165) is 16.9 Å². The first-order valence-corrected chi connectivity index (χ1v) is 8.22. The van der Waals surface area contributed by atoms with Crippen LogP contribution in [0, 0.1) is 6.92 Å². The largest absolute Gasteiger partial charge is 0.497 e. The molecule has 6 heteroatoms. The second-order valence-corrected chi connectivity index (χ2v) is 6.57. The zero-order valence-electron chi connectivity index (χ0n) is 12.8. The lowest BCUT2D eigenvalue weighted by Gasteiger charge is -2.10. The highest BCUT2D eigenvalue weighted by Gasteiger charge is 2.13. The molecule has 2 aromatic carbocycles. The molecular weight excluding hydrogens is 302 g/mol. The Morgan fingerprint density at radius 2 is 1.68 bits per heavy atom. The van der Waals surface area contributed by atoms with E-state index in [9.17, 15) is 8.42 Å². The smallest absolute Gasteiger partial charge is 0.240 e. The summed E-state index contributed by atoms with van der Waals surface area (Å²) in [5.74, 6) is 1.39. The molecule has 2 aromatic rings. The molecule has 0 saturated heterocycles. The minimum atomic E-state index is -3.55. The molecule has 0 heterocycles. The summed E-state index contributed by atoms with van der Waals surface area (Å²) in [6.07, 6.45) is 0. The van der Waals surface area contributed by atoms with Crippen molar-refractivity contribution in [2.45, 2.75) is 18.4 Å². The van der Waals surface area contributed by atoms with Gasteiger partial charge in [0.15, 0.2) is 0 Å². The van der Waals surface area contributed by atoms with Crippen molar-refractivity contribution in [1.29, 1.82) is 0 Å². The predicted molar refractivity (Wildman–Crippen MR) is 84.8 cm³/mol. The van der Waals surface area contributed by atoms with E-state index in [2.05, 4.69) is 4.72 Å². The SMILES string of the molecule is COc1ccc(S(=O)(=O)NCc2ccc(OC)c(C)c2)cc1. The van der Waals surface area contributed by atoms with Gasteiger partial charge in [-0.3, -0.25) is 0 Å². The first-order chi connectivity index (χ1) is 10.5. The number of aryl methyl sites for hydroxylation is 1. The molecule has 0 amide bonds. The van der Waals surface area contributed by atoms with Crippen LogP contribution in [0.2, 0.25) is 0 Å². The number of nitrogens with one attached hydrogen (secondary N) is 1. The molecule has 0 aromatic heterocycles. The number of ether oxygens (including phenoxy) is 2. The molecule has 0 spiro atoms. The molecule has 0 aliphatic rings. The van der Waals surface area contributed by atoms with Crippen LogP contribution in [0.5, 0.6) is 11.5 Å². The lowest BCUT2D eigenvalue weighted by atomic mass is 10.1. The zero-order valence-corrected chi connectivity index (χ0v) is 13.6. The van der Waals surface area contributed by atoms with Crippen molar-refractivity contribution in [2.75, 3.05) is 14.2 Å². The van der Waals surface area contributed by atoms with Gasteiger partial charge in [0.1, 0.15) is 11.5 Å². The van der Waals surface area contributed by atoms with Gasteiger partial charge in [-0.1, -0.05) is 12.1 Å². The molecule has 0 aliphatic heterocycles. The van der Waals surface area contributed by atoms with Crippen molar-refractivity contribution in [3.8, 4) is 11.5 Å². The maximum Gasteiger partial charge on any atom is 0.240 e. The van der Waals surface area contributed by atoms with Gasteiger partial charge in [-0.15, -0.1) is 0 Å². The molecule has 0 fully saturated rings. The number of sulfonamides is 1. The highest BCUT2D eigenvalue weighted by atomic mass is 32.2.